The number of fused-ring (bicyclic) bond motifs is 1. The minimum absolute atomic E-state index is 0.209. The van der Waals surface area contributed by atoms with Gasteiger partial charge in [0.25, 0.3) is 0 Å². The van der Waals surface area contributed by atoms with E-state index in [2.05, 4.69) is 38.9 Å². The van der Waals surface area contributed by atoms with Crippen molar-refractivity contribution in [2.75, 3.05) is 18.4 Å². The molecule has 1 atom stereocenters. The van der Waals surface area contributed by atoms with E-state index in [1.54, 1.807) is 12.3 Å². The van der Waals surface area contributed by atoms with E-state index >= 15 is 0 Å². The number of aromatic nitrogens is 1. The standard InChI is InChI=1S/C16H20N4OS/c1-12(20-8-5-14-13(11-20)6-9-22-14)10-18-16(21)19-15-4-2-3-7-17-15/h2-4,6-7,9,12H,5,8,10-11H2,1H3,(H2,17,18,19,21)/t12-/m0/s1. The highest BCUT2D eigenvalue weighted by atomic mass is 32.1. The van der Waals surface area contributed by atoms with Crippen molar-refractivity contribution in [1.29, 1.82) is 0 Å². The van der Waals surface area contributed by atoms with Crippen molar-refractivity contribution >= 4 is 23.2 Å². The molecule has 0 radical (unpaired) electrons. The maximum absolute atomic E-state index is 11.9. The minimum atomic E-state index is -0.209. The Hall–Kier alpha value is -1.92. The van der Waals surface area contributed by atoms with E-state index in [0.29, 0.717) is 18.4 Å². The lowest BCUT2D eigenvalue weighted by Crippen LogP contribution is -2.45. The van der Waals surface area contributed by atoms with Gasteiger partial charge in [0.1, 0.15) is 5.82 Å². The fraction of sp³-hybridized carbons (Fsp3) is 0.375. The maximum Gasteiger partial charge on any atom is 0.320 e. The Balaban J connectivity index is 1.46. The van der Waals surface area contributed by atoms with Crippen LogP contribution in [0.25, 0.3) is 0 Å². The van der Waals surface area contributed by atoms with Crippen LogP contribution in [-0.4, -0.2) is 35.0 Å². The van der Waals surface area contributed by atoms with Gasteiger partial charge in [0.05, 0.1) is 0 Å². The molecule has 3 rings (SSSR count). The van der Waals surface area contributed by atoms with Crippen molar-refractivity contribution in [3.05, 3.63) is 46.3 Å². The summed E-state index contributed by atoms with van der Waals surface area (Å²) in [6, 6.07) is 7.74. The second-order valence-corrected chi connectivity index (χ2v) is 6.49. The van der Waals surface area contributed by atoms with E-state index < -0.39 is 0 Å². The first-order chi connectivity index (χ1) is 10.7. The molecule has 0 saturated carbocycles. The molecule has 0 spiro atoms. The van der Waals surface area contributed by atoms with E-state index in [1.165, 1.54) is 10.4 Å². The number of nitrogens with zero attached hydrogens (tertiary/aromatic N) is 2. The average Bonchev–Trinajstić information content (AvgIpc) is 3.01. The molecule has 2 amide bonds. The maximum atomic E-state index is 11.9. The van der Waals surface area contributed by atoms with Gasteiger partial charge in [0, 0.05) is 36.8 Å². The van der Waals surface area contributed by atoms with Crippen LogP contribution in [-0.2, 0) is 13.0 Å². The van der Waals surface area contributed by atoms with Crippen molar-refractivity contribution in [3.8, 4) is 0 Å². The van der Waals surface area contributed by atoms with Crippen molar-refractivity contribution in [3.63, 3.8) is 0 Å². The summed E-state index contributed by atoms with van der Waals surface area (Å²) >= 11 is 1.85. The number of urea groups is 1. The number of amides is 2. The van der Waals surface area contributed by atoms with Crippen LogP contribution in [0, 0.1) is 0 Å². The van der Waals surface area contributed by atoms with Gasteiger partial charge in [0.2, 0.25) is 0 Å². The molecule has 3 heterocycles. The topological polar surface area (TPSA) is 57.3 Å². The zero-order valence-electron chi connectivity index (χ0n) is 12.6. The van der Waals surface area contributed by atoms with Crippen molar-refractivity contribution in [1.82, 2.24) is 15.2 Å². The Bertz CT molecular complexity index is 628. The molecule has 5 nitrogen and oxygen atoms in total. The third-order valence-corrected chi connectivity index (χ3v) is 4.95. The van der Waals surface area contributed by atoms with E-state index in [9.17, 15) is 4.79 Å². The Labute approximate surface area is 134 Å². The lowest BCUT2D eigenvalue weighted by atomic mass is 10.1. The summed E-state index contributed by atoms with van der Waals surface area (Å²) < 4.78 is 0. The number of carbonyl (C=O) groups is 1. The third kappa shape index (κ3) is 3.64. The van der Waals surface area contributed by atoms with Gasteiger partial charge in [-0.3, -0.25) is 10.2 Å². The van der Waals surface area contributed by atoms with Gasteiger partial charge >= 0.3 is 6.03 Å². The van der Waals surface area contributed by atoms with Crippen molar-refractivity contribution in [2.45, 2.75) is 25.9 Å². The zero-order chi connectivity index (χ0) is 15.4. The van der Waals surface area contributed by atoms with Gasteiger partial charge in [-0.15, -0.1) is 11.3 Å². The van der Waals surface area contributed by atoms with Crippen LogP contribution in [0.5, 0.6) is 0 Å². The summed E-state index contributed by atoms with van der Waals surface area (Å²) in [5.74, 6) is 0.563. The van der Waals surface area contributed by atoms with Crippen LogP contribution in [0.1, 0.15) is 17.4 Å². The summed E-state index contributed by atoms with van der Waals surface area (Å²) in [6.45, 7) is 4.80. The number of thiophene rings is 1. The molecule has 0 fully saturated rings. The Morgan fingerprint density at radius 1 is 1.45 bits per heavy atom. The molecule has 1 aliphatic heterocycles. The number of hydrogen-bond donors (Lipinski definition) is 2. The predicted molar refractivity (Wildman–Crippen MR) is 89.2 cm³/mol. The highest BCUT2D eigenvalue weighted by Gasteiger charge is 2.21. The summed E-state index contributed by atoms with van der Waals surface area (Å²) in [4.78, 5) is 19.9. The third-order valence-electron chi connectivity index (χ3n) is 3.93. The number of hydrogen-bond acceptors (Lipinski definition) is 4. The van der Waals surface area contributed by atoms with E-state index in [-0.39, 0.29) is 6.03 Å². The van der Waals surface area contributed by atoms with Gasteiger partial charge in [-0.25, -0.2) is 9.78 Å². The SMILES string of the molecule is C[C@@H](CNC(=O)Nc1ccccn1)N1CCc2sccc2C1. The molecule has 2 N–H and O–H groups in total. The van der Waals surface area contributed by atoms with E-state index in [1.807, 2.05) is 23.5 Å². The molecular formula is C16H20N4OS. The normalized spacial score (nSPS) is 15.9. The average molecular weight is 316 g/mol. The molecule has 6 heteroatoms. The first-order valence-corrected chi connectivity index (χ1v) is 8.35. The molecule has 22 heavy (non-hydrogen) atoms. The first-order valence-electron chi connectivity index (χ1n) is 7.47. The molecule has 2 aromatic heterocycles. The molecule has 2 aromatic rings. The molecule has 116 valence electrons. The molecule has 0 aromatic carbocycles. The lowest BCUT2D eigenvalue weighted by Gasteiger charge is -2.32. The second kappa shape index (κ2) is 6.89. The summed E-state index contributed by atoms with van der Waals surface area (Å²) in [6.07, 6.45) is 2.77. The summed E-state index contributed by atoms with van der Waals surface area (Å²) in [7, 11) is 0. The Morgan fingerprint density at radius 2 is 2.36 bits per heavy atom. The fourth-order valence-electron chi connectivity index (χ4n) is 2.61. The van der Waals surface area contributed by atoms with Crippen LogP contribution in [0.3, 0.4) is 0 Å². The van der Waals surface area contributed by atoms with Gasteiger partial charge < -0.3 is 5.32 Å². The van der Waals surface area contributed by atoms with E-state index in [4.69, 9.17) is 0 Å². The van der Waals surface area contributed by atoms with E-state index in [0.717, 1.165) is 19.5 Å². The van der Waals surface area contributed by atoms with Crippen LogP contribution in [0.2, 0.25) is 0 Å². The van der Waals surface area contributed by atoms with Crippen LogP contribution >= 0.6 is 11.3 Å². The Kier molecular flexibility index (Phi) is 4.70. The number of nitrogens with one attached hydrogen (secondary N) is 2. The first kappa shape index (κ1) is 15.0. The predicted octanol–water partition coefficient (Wildman–Crippen LogP) is 2.71. The highest BCUT2D eigenvalue weighted by Crippen LogP contribution is 2.24. The quantitative estimate of drug-likeness (QED) is 0.912. The molecule has 0 saturated heterocycles. The molecule has 0 unspecified atom stereocenters. The van der Waals surface area contributed by atoms with Crippen LogP contribution in [0.4, 0.5) is 10.6 Å². The van der Waals surface area contributed by atoms with Gasteiger partial charge in [-0.1, -0.05) is 6.07 Å². The van der Waals surface area contributed by atoms with Gasteiger partial charge in [-0.05, 0) is 42.5 Å². The minimum Gasteiger partial charge on any atom is -0.336 e. The number of rotatable bonds is 4. The molecule has 0 bridgehead atoms. The molecule has 0 aliphatic carbocycles. The zero-order valence-corrected chi connectivity index (χ0v) is 13.4. The van der Waals surface area contributed by atoms with Crippen molar-refractivity contribution < 1.29 is 4.79 Å². The van der Waals surface area contributed by atoms with Crippen LogP contribution in [0.15, 0.2) is 35.8 Å². The van der Waals surface area contributed by atoms with Crippen LogP contribution < -0.4 is 10.6 Å². The summed E-state index contributed by atoms with van der Waals surface area (Å²) in [5.41, 5.74) is 1.43. The Morgan fingerprint density at radius 3 is 3.18 bits per heavy atom. The van der Waals surface area contributed by atoms with Gasteiger partial charge in [-0.2, -0.15) is 0 Å². The molecule has 1 aliphatic rings. The monoisotopic (exact) mass is 316 g/mol. The van der Waals surface area contributed by atoms with Gasteiger partial charge in [0.15, 0.2) is 0 Å². The second-order valence-electron chi connectivity index (χ2n) is 5.49. The summed E-state index contributed by atoms with van der Waals surface area (Å²) in [5, 5.41) is 7.81. The fourth-order valence-corrected chi connectivity index (χ4v) is 3.50. The lowest BCUT2D eigenvalue weighted by molar-refractivity contribution is 0.188. The number of pyridine rings is 1. The molecular weight excluding hydrogens is 296 g/mol. The smallest absolute Gasteiger partial charge is 0.320 e. The number of anilines is 1. The highest BCUT2D eigenvalue weighted by molar-refractivity contribution is 7.10. The number of carbonyl (C=O) groups excluding carboxylic acids is 1. The van der Waals surface area contributed by atoms with Crippen molar-refractivity contribution in [2.24, 2.45) is 0 Å². The largest absolute Gasteiger partial charge is 0.336 e.